The van der Waals surface area contributed by atoms with Crippen LogP contribution in [-0.2, 0) is 13.0 Å². The maximum absolute atomic E-state index is 13.6. The summed E-state index contributed by atoms with van der Waals surface area (Å²) in [5.41, 5.74) is 2.56. The van der Waals surface area contributed by atoms with Crippen molar-refractivity contribution in [3.8, 4) is 16.3 Å². The van der Waals surface area contributed by atoms with Crippen LogP contribution in [0.1, 0.15) is 38.0 Å². The summed E-state index contributed by atoms with van der Waals surface area (Å²) >= 11 is 1.51. The average Bonchev–Trinajstić information content (AvgIpc) is 3.20. The van der Waals surface area contributed by atoms with Gasteiger partial charge >= 0.3 is 0 Å². The highest BCUT2D eigenvalue weighted by Crippen LogP contribution is 2.35. The molecule has 0 atom stereocenters. The Morgan fingerprint density at radius 3 is 2.71 bits per heavy atom. The number of aromatic hydroxyl groups is 1. The van der Waals surface area contributed by atoms with Crippen molar-refractivity contribution < 1.29 is 9.52 Å². The van der Waals surface area contributed by atoms with Gasteiger partial charge in [-0.2, -0.15) is 0 Å². The lowest BCUT2D eigenvalue weighted by atomic mass is 9.98. The number of phenols is 1. The molecule has 0 aliphatic carbocycles. The third kappa shape index (κ3) is 3.64. The molecule has 5 rings (SSSR count). The van der Waals surface area contributed by atoms with Gasteiger partial charge < -0.3 is 9.52 Å². The lowest BCUT2D eigenvalue weighted by Crippen LogP contribution is -2.32. The molecule has 1 aliphatic heterocycles. The number of aryl methyl sites for hydroxylation is 1. The minimum absolute atomic E-state index is 0.0781. The average molecular weight is 435 g/mol. The summed E-state index contributed by atoms with van der Waals surface area (Å²) in [4.78, 5) is 20.6. The lowest BCUT2D eigenvalue weighted by molar-refractivity contribution is 0.183. The summed E-state index contributed by atoms with van der Waals surface area (Å²) in [7, 11) is 0. The zero-order valence-electron chi connectivity index (χ0n) is 17.9. The van der Waals surface area contributed by atoms with Gasteiger partial charge in [-0.05, 0) is 56.1 Å². The van der Waals surface area contributed by atoms with Gasteiger partial charge in [0.25, 0.3) is 0 Å². The molecule has 0 bridgehead atoms. The number of thiazole rings is 1. The Hall–Kier alpha value is -2.70. The monoisotopic (exact) mass is 434 g/mol. The third-order valence-electron chi connectivity index (χ3n) is 6.30. The molecule has 4 aromatic rings. The molecule has 1 aliphatic rings. The van der Waals surface area contributed by atoms with E-state index in [0.717, 1.165) is 42.1 Å². The molecule has 160 valence electrons. The molecule has 2 aromatic carbocycles. The topological polar surface area (TPSA) is 66.6 Å². The minimum Gasteiger partial charge on any atom is -0.507 e. The van der Waals surface area contributed by atoms with Gasteiger partial charge in [-0.3, -0.25) is 9.69 Å². The smallest absolute Gasteiger partial charge is 0.203 e. The number of nitrogens with zero attached hydrogens (tertiary/aromatic N) is 2. The molecule has 0 radical (unpaired) electrons. The van der Waals surface area contributed by atoms with E-state index in [2.05, 4.69) is 11.8 Å². The van der Waals surface area contributed by atoms with Gasteiger partial charge in [-0.25, -0.2) is 4.98 Å². The van der Waals surface area contributed by atoms with Crippen LogP contribution in [0.5, 0.6) is 5.75 Å². The van der Waals surface area contributed by atoms with Crippen molar-refractivity contribution in [1.82, 2.24) is 9.88 Å². The number of benzene rings is 2. The summed E-state index contributed by atoms with van der Waals surface area (Å²) in [6.45, 7) is 6.83. The van der Waals surface area contributed by atoms with Gasteiger partial charge in [0.15, 0.2) is 0 Å². The quantitative estimate of drug-likeness (QED) is 0.455. The van der Waals surface area contributed by atoms with E-state index >= 15 is 0 Å². The first-order valence-corrected chi connectivity index (χ1v) is 11.8. The van der Waals surface area contributed by atoms with Crippen LogP contribution in [0.4, 0.5) is 0 Å². The van der Waals surface area contributed by atoms with E-state index < -0.39 is 0 Å². The number of piperidine rings is 1. The van der Waals surface area contributed by atoms with Gasteiger partial charge in [-0.1, -0.05) is 26.0 Å². The van der Waals surface area contributed by atoms with Crippen molar-refractivity contribution in [2.45, 2.75) is 39.7 Å². The highest BCUT2D eigenvalue weighted by atomic mass is 32.1. The number of aromatic nitrogens is 1. The summed E-state index contributed by atoms with van der Waals surface area (Å²) in [5, 5.41) is 11.8. The van der Waals surface area contributed by atoms with Crippen molar-refractivity contribution in [2.75, 3.05) is 13.1 Å². The zero-order valence-corrected chi connectivity index (χ0v) is 18.7. The maximum Gasteiger partial charge on any atom is 0.203 e. The van der Waals surface area contributed by atoms with Crippen LogP contribution in [0.15, 0.2) is 45.6 Å². The Kier molecular flexibility index (Phi) is 5.28. The van der Waals surface area contributed by atoms with Gasteiger partial charge in [0.05, 0.1) is 26.7 Å². The normalized spacial score (nSPS) is 15.8. The molecule has 0 spiro atoms. The Labute approximate surface area is 185 Å². The predicted molar refractivity (Wildman–Crippen MR) is 126 cm³/mol. The standard InChI is InChI=1S/C25H26N2O3S/c1-3-20-22(25-26-18-6-4-5-7-21(18)31-25)23(29)16-8-9-19(28)17(24(16)30-20)14-27-12-10-15(2)11-13-27/h4-9,15,28H,3,10-14H2,1-2H3. The van der Waals surface area contributed by atoms with Gasteiger partial charge in [0.1, 0.15) is 22.1 Å². The Balaban J connectivity index is 1.65. The molecule has 2 aromatic heterocycles. The van der Waals surface area contributed by atoms with E-state index in [0.29, 0.717) is 45.8 Å². The van der Waals surface area contributed by atoms with Crippen LogP contribution < -0.4 is 5.43 Å². The van der Waals surface area contributed by atoms with Crippen LogP contribution in [0.25, 0.3) is 31.8 Å². The highest BCUT2D eigenvalue weighted by molar-refractivity contribution is 7.21. The number of rotatable bonds is 4. The SMILES string of the molecule is CCc1oc2c(CN3CCC(C)CC3)c(O)ccc2c(=O)c1-c1nc2ccccc2s1. The fraction of sp³-hybridized carbons (Fsp3) is 0.360. The molecule has 0 amide bonds. The zero-order chi connectivity index (χ0) is 21.5. The van der Waals surface area contributed by atoms with Crippen molar-refractivity contribution in [1.29, 1.82) is 0 Å². The van der Waals surface area contributed by atoms with Crippen molar-refractivity contribution in [2.24, 2.45) is 5.92 Å². The molecule has 0 saturated carbocycles. The molecular weight excluding hydrogens is 408 g/mol. The largest absolute Gasteiger partial charge is 0.507 e. The number of para-hydroxylation sites is 1. The third-order valence-corrected chi connectivity index (χ3v) is 7.35. The summed E-state index contributed by atoms with van der Waals surface area (Å²) in [6, 6.07) is 11.2. The lowest BCUT2D eigenvalue weighted by Gasteiger charge is -2.30. The second-order valence-electron chi connectivity index (χ2n) is 8.47. The molecule has 0 unspecified atom stereocenters. The van der Waals surface area contributed by atoms with E-state index in [1.165, 1.54) is 11.3 Å². The fourth-order valence-electron chi connectivity index (χ4n) is 4.39. The second-order valence-corrected chi connectivity index (χ2v) is 9.50. The number of hydrogen-bond donors (Lipinski definition) is 1. The van der Waals surface area contributed by atoms with Crippen molar-refractivity contribution in [3.05, 3.63) is 57.9 Å². The van der Waals surface area contributed by atoms with E-state index in [9.17, 15) is 9.90 Å². The maximum atomic E-state index is 13.6. The number of hydrogen-bond acceptors (Lipinski definition) is 6. The fourth-order valence-corrected chi connectivity index (χ4v) is 5.42. The van der Waals surface area contributed by atoms with Crippen LogP contribution in [0.2, 0.25) is 0 Å². The number of likely N-dealkylation sites (tertiary alicyclic amines) is 1. The molecule has 3 heterocycles. The molecule has 1 N–H and O–H groups in total. The van der Waals surface area contributed by atoms with Gasteiger partial charge in [-0.15, -0.1) is 11.3 Å². The molecular formula is C25H26N2O3S. The predicted octanol–water partition coefficient (Wildman–Crippen LogP) is 5.57. The Morgan fingerprint density at radius 1 is 1.19 bits per heavy atom. The first kappa shape index (κ1) is 20.2. The van der Waals surface area contributed by atoms with Crippen LogP contribution in [-0.4, -0.2) is 28.1 Å². The number of phenolic OH excluding ortho intramolecular Hbond substituents is 1. The summed E-state index contributed by atoms with van der Waals surface area (Å²) in [5.74, 6) is 1.54. The van der Waals surface area contributed by atoms with Crippen LogP contribution in [0, 0.1) is 5.92 Å². The Morgan fingerprint density at radius 2 is 1.97 bits per heavy atom. The van der Waals surface area contributed by atoms with Crippen molar-refractivity contribution in [3.63, 3.8) is 0 Å². The van der Waals surface area contributed by atoms with Gasteiger partial charge in [0.2, 0.25) is 5.43 Å². The summed E-state index contributed by atoms with van der Waals surface area (Å²) < 4.78 is 7.37. The van der Waals surface area contributed by atoms with E-state index in [4.69, 9.17) is 9.40 Å². The molecule has 1 saturated heterocycles. The Bertz CT molecular complexity index is 1280. The minimum atomic E-state index is -0.0781. The highest BCUT2D eigenvalue weighted by Gasteiger charge is 2.23. The molecule has 31 heavy (non-hydrogen) atoms. The molecule has 5 nitrogen and oxygen atoms in total. The number of fused-ring (bicyclic) bond motifs is 2. The van der Waals surface area contributed by atoms with Crippen LogP contribution in [0.3, 0.4) is 0 Å². The van der Waals surface area contributed by atoms with E-state index in [1.54, 1.807) is 12.1 Å². The van der Waals surface area contributed by atoms with Gasteiger partial charge in [0, 0.05) is 13.0 Å². The molecule has 1 fully saturated rings. The van der Waals surface area contributed by atoms with Crippen LogP contribution >= 0.6 is 11.3 Å². The summed E-state index contributed by atoms with van der Waals surface area (Å²) in [6.07, 6.45) is 2.88. The van der Waals surface area contributed by atoms with E-state index in [-0.39, 0.29) is 11.2 Å². The van der Waals surface area contributed by atoms with Crippen molar-refractivity contribution >= 4 is 32.5 Å². The first-order valence-electron chi connectivity index (χ1n) is 10.9. The first-order chi connectivity index (χ1) is 15.0. The molecule has 6 heteroatoms. The van der Waals surface area contributed by atoms with E-state index in [1.807, 2.05) is 31.2 Å². The second kappa shape index (κ2) is 8.09.